The third kappa shape index (κ3) is 6.08. The zero-order valence-corrected chi connectivity index (χ0v) is 13.7. The summed E-state index contributed by atoms with van der Waals surface area (Å²) in [5, 5.41) is 4.59. The van der Waals surface area contributed by atoms with Gasteiger partial charge in [0.15, 0.2) is 0 Å². The van der Waals surface area contributed by atoms with Crippen molar-refractivity contribution in [3.05, 3.63) is 17.5 Å². The molecule has 0 amide bonds. The van der Waals surface area contributed by atoms with Crippen LogP contribution in [0.15, 0.2) is 6.07 Å². The first kappa shape index (κ1) is 17.2. The van der Waals surface area contributed by atoms with Crippen molar-refractivity contribution in [3.8, 4) is 0 Å². The van der Waals surface area contributed by atoms with Crippen LogP contribution in [0.25, 0.3) is 0 Å². The second-order valence-corrected chi connectivity index (χ2v) is 5.82. The van der Waals surface area contributed by atoms with E-state index < -0.39 is 0 Å². The van der Waals surface area contributed by atoms with Crippen molar-refractivity contribution in [1.29, 1.82) is 0 Å². The lowest BCUT2D eigenvalue weighted by molar-refractivity contribution is 0.513. The molecule has 1 heterocycles. The lowest BCUT2D eigenvalue weighted by Crippen LogP contribution is -2.24. The topological polar surface area (TPSA) is 43.8 Å². The Morgan fingerprint density at radius 3 is 2.45 bits per heavy atom. The van der Waals surface area contributed by atoms with E-state index in [1.165, 1.54) is 49.9 Å². The van der Waals surface area contributed by atoms with E-state index in [1.807, 2.05) is 0 Å². The molecule has 0 aliphatic heterocycles. The lowest BCUT2D eigenvalue weighted by atomic mass is 10.0. The van der Waals surface area contributed by atoms with E-state index in [2.05, 4.69) is 36.6 Å². The summed E-state index contributed by atoms with van der Waals surface area (Å²) in [6.45, 7) is 7.51. The second-order valence-electron chi connectivity index (χ2n) is 5.82. The summed E-state index contributed by atoms with van der Waals surface area (Å²) < 4.78 is 2.11. The Morgan fingerprint density at radius 2 is 1.80 bits per heavy atom. The third-order valence-electron chi connectivity index (χ3n) is 3.98. The fraction of sp³-hybridized carbons (Fsp3) is 0.824. The Hall–Kier alpha value is -0.830. The minimum atomic E-state index is 0.285. The molecule has 3 nitrogen and oxygen atoms in total. The fourth-order valence-corrected chi connectivity index (χ4v) is 2.68. The highest BCUT2D eigenvalue weighted by Gasteiger charge is 2.10. The van der Waals surface area contributed by atoms with Crippen LogP contribution in [0.4, 0.5) is 0 Å². The maximum atomic E-state index is 6.28. The van der Waals surface area contributed by atoms with E-state index in [0.29, 0.717) is 0 Å². The molecule has 0 aliphatic carbocycles. The smallest absolute Gasteiger partial charge is 0.0624 e. The molecule has 3 heteroatoms. The van der Waals surface area contributed by atoms with E-state index in [4.69, 9.17) is 5.73 Å². The summed E-state index contributed by atoms with van der Waals surface area (Å²) in [4.78, 5) is 0. The summed E-state index contributed by atoms with van der Waals surface area (Å²) in [7, 11) is 0. The molecule has 0 spiro atoms. The van der Waals surface area contributed by atoms with Crippen molar-refractivity contribution >= 4 is 0 Å². The number of nitrogens with zero attached hydrogens (tertiary/aromatic N) is 2. The molecule has 0 saturated heterocycles. The van der Waals surface area contributed by atoms with Crippen LogP contribution >= 0.6 is 0 Å². The summed E-state index contributed by atoms with van der Waals surface area (Å²) in [5.74, 6) is 0. The first-order valence-electron chi connectivity index (χ1n) is 8.52. The van der Waals surface area contributed by atoms with Crippen LogP contribution in [-0.4, -0.2) is 15.8 Å². The molecule has 1 unspecified atom stereocenters. The zero-order chi connectivity index (χ0) is 14.8. The standard InChI is InChI=1S/C17H33N3/c1-4-7-8-9-10-11-12-15(18)13-17-14-16(5-2)19-20(17)6-3/h14-15H,4-13,18H2,1-3H3. The Bertz CT molecular complexity index is 357. The zero-order valence-electron chi connectivity index (χ0n) is 13.7. The van der Waals surface area contributed by atoms with Crippen LogP contribution in [-0.2, 0) is 19.4 Å². The van der Waals surface area contributed by atoms with Crippen molar-refractivity contribution in [2.24, 2.45) is 5.73 Å². The van der Waals surface area contributed by atoms with E-state index >= 15 is 0 Å². The van der Waals surface area contributed by atoms with Crippen LogP contribution in [0.1, 0.15) is 77.1 Å². The number of aromatic nitrogens is 2. The van der Waals surface area contributed by atoms with Crippen LogP contribution in [0.5, 0.6) is 0 Å². The van der Waals surface area contributed by atoms with Crippen LogP contribution < -0.4 is 5.73 Å². The molecule has 0 radical (unpaired) electrons. The van der Waals surface area contributed by atoms with Gasteiger partial charge in [-0.2, -0.15) is 5.10 Å². The van der Waals surface area contributed by atoms with Gasteiger partial charge in [-0.05, 0) is 25.8 Å². The lowest BCUT2D eigenvalue weighted by Gasteiger charge is -2.12. The highest BCUT2D eigenvalue weighted by molar-refractivity contribution is 5.11. The molecule has 0 aliphatic rings. The molecule has 2 N–H and O–H groups in total. The largest absolute Gasteiger partial charge is 0.327 e. The number of nitrogens with two attached hydrogens (primary N) is 1. The van der Waals surface area contributed by atoms with Gasteiger partial charge in [0, 0.05) is 24.7 Å². The molecular weight excluding hydrogens is 246 g/mol. The normalized spacial score (nSPS) is 12.8. The van der Waals surface area contributed by atoms with Gasteiger partial charge in [0.1, 0.15) is 0 Å². The van der Waals surface area contributed by atoms with E-state index in [1.54, 1.807) is 0 Å². The minimum absolute atomic E-state index is 0.285. The molecule has 0 fully saturated rings. The van der Waals surface area contributed by atoms with Crippen LogP contribution in [0, 0.1) is 0 Å². The fourth-order valence-electron chi connectivity index (χ4n) is 2.68. The quantitative estimate of drug-likeness (QED) is 0.620. The summed E-state index contributed by atoms with van der Waals surface area (Å²) in [6.07, 6.45) is 11.2. The van der Waals surface area contributed by atoms with Crippen LogP contribution in [0.3, 0.4) is 0 Å². The van der Waals surface area contributed by atoms with Gasteiger partial charge in [-0.3, -0.25) is 4.68 Å². The molecule has 1 atom stereocenters. The molecule has 0 saturated carbocycles. The molecule has 0 aromatic carbocycles. The predicted octanol–water partition coefficient (Wildman–Crippen LogP) is 4.09. The average molecular weight is 279 g/mol. The van der Waals surface area contributed by atoms with Gasteiger partial charge in [0.25, 0.3) is 0 Å². The number of hydrogen-bond donors (Lipinski definition) is 1. The van der Waals surface area contributed by atoms with E-state index in [9.17, 15) is 0 Å². The van der Waals surface area contributed by atoms with Crippen molar-refractivity contribution in [2.75, 3.05) is 0 Å². The minimum Gasteiger partial charge on any atom is -0.327 e. The number of unbranched alkanes of at least 4 members (excludes halogenated alkanes) is 5. The Morgan fingerprint density at radius 1 is 1.10 bits per heavy atom. The predicted molar refractivity (Wildman–Crippen MR) is 87.0 cm³/mol. The summed E-state index contributed by atoms with van der Waals surface area (Å²) in [6, 6.07) is 2.51. The Kier molecular flexibility index (Phi) is 8.59. The van der Waals surface area contributed by atoms with Gasteiger partial charge in [-0.1, -0.05) is 52.4 Å². The summed E-state index contributed by atoms with van der Waals surface area (Å²) in [5.41, 5.74) is 8.78. The maximum absolute atomic E-state index is 6.28. The highest BCUT2D eigenvalue weighted by Crippen LogP contribution is 2.12. The molecule has 1 aromatic rings. The van der Waals surface area contributed by atoms with Crippen LogP contribution in [0.2, 0.25) is 0 Å². The van der Waals surface area contributed by atoms with Gasteiger partial charge in [0.2, 0.25) is 0 Å². The Labute approximate surface area is 124 Å². The Balaban J connectivity index is 2.27. The number of hydrogen-bond acceptors (Lipinski definition) is 2. The summed E-state index contributed by atoms with van der Waals surface area (Å²) >= 11 is 0. The highest BCUT2D eigenvalue weighted by atomic mass is 15.3. The maximum Gasteiger partial charge on any atom is 0.0624 e. The molecule has 20 heavy (non-hydrogen) atoms. The van der Waals surface area contributed by atoms with Gasteiger partial charge in [-0.25, -0.2) is 0 Å². The molecular formula is C17H33N3. The molecule has 0 bridgehead atoms. The third-order valence-corrected chi connectivity index (χ3v) is 3.98. The van der Waals surface area contributed by atoms with Gasteiger partial charge >= 0.3 is 0 Å². The first-order valence-corrected chi connectivity index (χ1v) is 8.52. The average Bonchev–Trinajstić information content (AvgIpc) is 2.84. The number of aryl methyl sites for hydroxylation is 2. The molecule has 1 aromatic heterocycles. The van der Waals surface area contributed by atoms with Crippen molar-refractivity contribution < 1.29 is 0 Å². The monoisotopic (exact) mass is 279 g/mol. The molecule has 1 rings (SSSR count). The first-order chi connectivity index (χ1) is 9.71. The van der Waals surface area contributed by atoms with Gasteiger partial charge in [0.05, 0.1) is 5.69 Å². The second kappa shape index (κ2) is 9.98. The van der Waals surface area contributed by atoms with E-state index in [0.717, 1.165) is 25.8 Å². The van der Waals surface area contributed by atoms with Crippen molar-refractivity contribution in [2.45, 2.75) is 91.1 Å². The number of rotatable bonds is 11. The SMILES string of the molecule is CCCCCCCCC(N)Cc1cc(CC)nn1CC. The van der Waals surface area contributed by atoms with Gasteiger partial charge < -0.3 is 5.73 Å². The van der Waals surface area contributed by atoms with Crippen molar-refractivity contribution in [1.82, 2.24) is 9.78 Å². The van der Waals surface area contributed by atoms with Gasteiger partial charge in [-0.15, -0.1) is 0 Å². The molecule has 116 valence electrons. The van der Waals surface area contributed by atoms with Crippen molar-refractivity contribution in [3.63, 3.8) is 0 Å². The van der Waals surface area contributed by atoms with E-state index in [-0.39, 0.29) is 6.04 Å².